The van der Waals surface area contributed by atoms with Gasteiger partial charge in [-0.25, -0.2) is 9.07 Å². The molecular formula is C23H26FN5OS2. The van der Waals surface area contributed by atoms with Crippen LogP contribution in [0.15, 0.2) is 36.4 Å². The Morgan fingerprint density at radius 3 is 2.62 bits per heavy atom. The number of piperazine rings is 1. The molecule has 1 aliphatic heterocycles. The van der Waals surface area contributed by atoms with E-state index in [0.717, 1.165) is 23.9 Å². The summed E-state index contributed by atoms with van der Waals surface area (Å²) in [6, 6.07) is 10.9. The molecule has 2 aromatic carbocycles. The maximum absolute atomic E-state index is 14.5. The monoisotopic (exact) mass is 471 g/mol. The van der Waals surface area contributed by atoms with Crippen LogP contribution < -0.4 is 10.2 Å². The quantitative estimate of drug-likeness (QED) is 0.396. The Bertz CT molecular complexity index is 1200. The number of aromatic nitrogens is 2. The van der Waals surface area contributed by atoms with Crippen molar-refractivity contribution < 1.29 is 9.18 Å². The number of rotatable bonds is 6. The highest BCUT2D eigenvalue weighted by Gasteiger charge is 2.21. The van der Waals surface area contributed by atoms with Crippen molar-refractivity contribution in [3.8, 4) is 0 Å². The number of nitrogens with zero attached hydrogens (tertiary/aromatic N) is 4. The number of nitrogens with one attached hydrogen (secondary N) is 1. The molecule has 0 unspecified atom stereocenters. The van der Waals surface area contributed by atoms with Crippen molar-refractivity contribution in [3.05, 3.63) is 62.9 Å². The lowest BCUT2D eigenvalue weighted by atomic mass is 10.1. The number of benzene rings is 2. The maximum Gasteiger partial charge on any atom is 0.209 e. The van der Waals surface area contributed by atoms with Crippen molar-refractivity contribution in [2.45, 2.75) is 27.4 Å². The van der Waals surface area contributed by atoms with Gasteiger partial charge in [-0.1, -0.05) is 23.5 Å². The fourth-order valence-corrected chi connectivity index (χ4v) is 4.75. The first-order valence-corrected chi connectivity index (χ1v) is 11.7. The van der Waals surface area contributed by atoms with E-state index in [2.05, 4.69) is 35.2 Å². The molecule has 1 aliphatic rings. The van der Waals surface area contributed by atoms with Crippen LogP contribution in [0.5, 0.6) is 0 Å². The average molecular weight is 472 g/mol. The zero-order valence-electron chi connectivity index (χ0n) is 18.4. The second-order valence-corrected chi connectivity index (χ2v) is 9.64. The van der Waals surface area contributed by atoms with Gasteiger partial charge in [0.2, 0.25) is 5.13 Å². The van der Waals surface area contributed by atoms with Crippen LogP contribution in [0.2, 0.25) is 0 Å². The number of halogens is 1. The van der Waals surface area contributed by atoms with Crippen molar-refractivity contribution in [2.24, 2.45) is 0 Å². The minimum Gasteiger partial charge on any atom is -0.367 e. The predicted molar refractivity (Wildman–Crippen MR) is 130 cm³/mol. The van der Waals surface area contributed by atoms with Crippen molar-refractivity contribution >= 4 is 45.8 Å². The molecule has 0 atom stereocenters. The molecule has 6 nitrogen and oxygen atoms in total. The lowest BCUT2D eigenvalue weighted by Gasteiger charge is -2.36. The lowest BCUT2D eigenvalue weighted by Crippen LogP contribution is -2.47. The van der Waals surface area contributed by atoms with Crippen LogP contribution >= 0.6 is 23.6 Å². The third-order valence-electron chi connectivity index (χ3n) is 5.85. The van der Waals surface area contributed by atoms with Crippen LogP contribution in [0.3, 0.4) is 0 Å². The standard InChI is InChI=1S/C23H26FN5OS2/c1-15-5-4-6-20(16(15)2)25-22-26-29(23(31)32-22)14-27-9-11-28(12-10-27)21-8-7-18(17(3)30)13-19(21)24/h4-8,13H,9-12,14H2,1-3H3,(H,25,26). The van der Waals surface area contributed by atoms with E-state index in [-0.39, 0.29) is 11.6 Å². The smallest absolute Gasteiger partial charge is 0.209 e. The Hall–Kier alpha value is -2.62. The summed E-state index contributed by atoms with van der Waals surface area (Å²) in [7, 11) is 0. The predicted octanol–water partition coefficient (Wildman–Crippen LogP) is 5.16. The van der Waals surface area contributed by atoms with Crippen LogP contribution in [-0.4, -0.2) is 46.6 Å². The van der Waals surface area contributed by atoms with E-state index in [1.807, 2.05) is 21.7 Å². The maximum atomic E-state index is 14.5. The number of aryl methyl sites for hydroxylation is 1. The first kappa shape index (κ1) is 22.6. The van der Waals surface area contributed by atoms with Crippen molar-refractivity contribution in [2.75, 3.05) is 36.4 Å². The topological polar surface area (TPSA) is 53.4 Å². The van der Waals surface area contributed by atoms with E-state index < -0.39 is 0 Å². The van der Waals surface area contributed by atoms with E-state index in [1.54, 1.807) is 12.1 Å². The van der Waals surface area contributed by atoms with Gasteiger partial charge < -0.3 is 10.2 Å². The number of Topliss-reactive ketones (excluding diaryl/α,β-unsaturated/α-hetero) is 1. The van der Waals surface area contributed by atoms with Crippen LogP contribution in [0.1, 0.15) is 28.4 Å². The van der Waals surface area contributed by atoms with Gasteiger partial charge in [0.1, 0.15) is 5.82 Å². The summed E-state index contributed by atoms with van der Waals surface area (Å²) in [5.41, 5.74) is 4.39. The zero-order valence-corrected chi connectivity index (χ0v) is 20.0. The van der Waals surface area contributed by atoms with Gasteiger partial charge in [0.25, 0.3) is 0 Å². The van der Waals surface area contributed by atoms with E-state index >= 15 is 0 Å². The molecule has 168 valence electrons. The minimum absolute atomic E-state index is 0.133. The molecule has 9 heteroatoms. The molecule has 0 bridgehead atoms. The number of carbonyl (C=O) groups is 1. The number of ketones is 1. The lowest BCUT2D eigenvalue weighted by molar-refractivity contribution is 0.101. The highest BCUT2D eigenvalue weighted by atomic mass is 32.1. The summed E-state index contributed by atoms with van der Waals surface area (Å²) in [4.78, 5) is 15.7. The molecule has 2 heterocycles. The summed E-state index contributed by atoms with van der Waals surface area (Å²) in [6.45, 7) is 9.15. The number of anilines is 3. The van der Waals surface area contributed by atoms with Gasteiger partial charge in [-0.2, -0.15) is 0 Å². The van der Waals surface area contributed by atoms with Crippen LogP contribution in [-0.2, 0) is 6.67 Å². The van der Waals surface area contributed by atoms with Crippen LogP contribution in [0.4, 0.5) is 20.9 Å². The Morgan fingerprint density at radius 1 is 1.19 bits per heavy atom. The largest absolute Gasteiger partial charge is 0.367 e. The molecule has 0 aliphatic carbocycles. The van der Waals surface area contributed by atoms with Crippen molar-refractivity contribution in [1.29, 1.82) is 0 Å². The van der Waals surface area contributed by atoms with E-state index in [0.29, 0.717) is 35.0 Å². The summed E-state index contributed by atoms with van der Waals surface area (Å²) in [6.07, 6.45) is 0. The molecule has 1 N–H and O–H groups in total. The molecule has 0 saturated carbocycles. The average Bonchev–Trinajstić information content (AvgIpc) is 3.10. The van der Waals surface area contributed by atoms with Gasteiger partial charge in [0.05, 0.1) is 12.4 Å². The molecule has 4 rings (SSSR count). The second-order valence-electron chi connectivity index (χ2n) is 8.01. The molecule has 0 spiro atoms. The van der Waals surface area contributed by atoms with Gasteiger partial charge in [-0.15, -0.1) is 5.10 Å². The molecule has 1 aromatic heterocycles. The summed E-state index contributed by atoms with van der Waals surface area (Å²) in [5.74, 6) is -0.485. The van der Waals surface area contributed by atoms with Gasteiger partial charge >= 0.3 is 0 Å². The summed E-state index contributed by atoms with van der Waals surface area (Å²) < 4.78 is 17.0. The third kappa shape index (κ3) is 4.90. The molecule has 0 radical (unpaired) electrons. The molecule has 1 fully saturated rings. The molecule has 32 heavy (non-hydrogen) atoms. The Balaban J connectivity index is 1.38. The molecular weight excluding hydrogens is 445 g/mol. The Morgan fingerprint density at radius 2 is 1.94 bits per heavy atom. The van der Waals surface area contributed by atoms with E-state index in [4.69, 9.17) is 12.2 Å². The fourth-order valence-electron chi connectivity index (χ4n) is 3.75. The number of hydrogen-bond acceptors (Lipinski definition) is 7. The SMILES string of the molecule is CC(=O)c1ccc(N2CCN(Cn3nc(Nc4cccc(C)c4C)sc3=S)CC2)c(F)c1. The molecule has 1 saturated heterocycles. The van der Waals surface area contributed by atoms with Gasteiger partial charge in [-0.05, 0) is 68.4 Å². The van der Waals surface area contributed by atoms with Gasteiger partial charge in [0, 0.05) is 37.4 Å². The second kappa shape index (κ2) is 9.48. The first-order valence-electron chi connectivity index (χ1n) is 10.5. The van der Waals surface area contributed by atoms with Crippen molar-refractivity contribution in [1.82, 2.24) is 14.7 Å². The van der Waals surface area contributed by atoms with Crippen LogP contribution in [0.25, 0.3) is 0 Å². The molecule has 0 amide bonds. The first-order chi connectivity index (χ1) is 15.3. The highest BCUT2D eigenvalue weighted by molar-refractivity contribution is 7.73. The van der Waals surface area contributed by atoms with Gasteiger partial charge in [0.15, 0.2) is 9.74 Å². The Kier molecular flexibility index (Phi) is 6.68. The third-order valence-corrected chi connectivity index (χ3v) is 7.08. The van der Waals surface area contributed by atoms with Crippen molar-refractivity contribution in [3.63, 3.8) is 0 Å². The molecule has 3 aromatic rings. The minimum atomic E-state index is -0.352. The number of carbonyl (C=O) groups excluding carboxylic acids is 1. The van der Waals surface area contributed by atoms with E-state index in [1.165, 1.54) is 35.5 Å². The zero-order chi connectivity index (χ0) is 22.8. The number of hydrogen-bond donors (Lipinski definition) is 1. The van der Waals surface area contributed by atoms with Crippen LogP contribution in [0, 0.1) is 23.6 Å². The fraction of sp³-hybridized carbons (Fsp3) is 0.348. The van der Waals surface area contributed by atoms with E-state index in [9.17, 15) is 9.18 Å². The Labute approximate surface area is 196 Å². The highest BCUT2D eigenvalue weighted by Crippen LogP contribution is 2.26. The van der Waals surface area contributed by atoms with Gasteiger partial charge in [-0.3, -0.25) is 9.69 Å². The normalized spacial score (nSPS) is 14.6. The summed E-state index contributed by atoms with van der Waals surface area (Å²) >= 11 is 6.99. The summed E-state index contributed by atoms with van der Waals surface area (Å²) in [5, 5.41) is 8.82.